The zero-order chi connectivity index (χ0) is 68.7. The van der Waals surface area contributed by atoms with Gasteiger partial charge in [0.25, 0.3) is 0 Å². The zero-order valence-corrected chi connectivity index (χ0v) is 56.0. The number of hydrogen-bond acceptors (Lipinski definition) is 18. The highest BCUT2D eigenvalue weighted by atomic mass is 35.5. The lowest BCUT2D eigenvalue weighted by atomic mass is 10.0. The molecule has 4 unspecified atom stereocenters. The molecule has 0 bridgehead atoms. The maximum Gasteiger partial charge on any atom is 0.336 e. The Morgan fingerprint density at radius 3 is 1.33 bits per heavy atom. The van der Waals surface area contributed by atoms with Gasteiger partial charge in [-0.15, -0.1) is 0 Å². The van der Waals surface area contributed by atoms with Crippen LogP contribution in [-0.4, -0.2) is 95.9 Å². The Hall–Kier alpha value is -8.42. The fourth-order valence-corrected chi connectivity index (χ4v) is 11.3. The summed E-state index contributed by atoms with van der Waals surface area (Å²) in [5, 5.41) is 19.0. The Morgan fingerprint density at radius 1 is 0.511 bits per heavy atom. The molecule has 6 aromatic carbocycles. The number of nitrogens with zero attached hydrogens (tertiary/aromatic N) is 2. The Labute approximate surface area is 564 Å². The van der Waals surface area contributed by atoms with Crippen molar-refractivity contribution in [1.29, 1.82) is 0 Å². The number of nitrogens with one attached hydrogen (secondary N) is 4. The number of aromatic carboxylic acids is 2. The van der Waals surface area contributed by atoms with Crippen LogP contribution in [0.5, 0.6) is 23.0 Å². The van der Waals surface area contributed by atoms with Gasteiger partial charge >= 0.3 is 11.9 Å². The van der Waals surface area contributed by atoms with Gasteiger partial charge in [0.15, 0.2) is 11.5 Å². The summed E-state index contributed by atoms with van der Waals surface area (Å²) in [6, 6.07) is 36.9. The quantitative estimate of drug-likeness (QED) is 0.0242. The van der Waals surface area contributed by atoms with Crippen LogP contribution in [0.15, 0.2) is 155 Å². The number of furan rings is 2. The standard InChI is InChI=1S/C17H18N2O5S.C17H18N2O4S.C13H12ClNO5S.C13H12ClNO4S.2C2H6/c20-17(21)12-10-14(18-25(22)23)16(24-13-6-2-1-3-7-13)15(11-12)19-8-4-5-9-19;20-12-13-10-15(18-24(21)22)17(23-14-6-2-1-3-7-14)16(11-13)19-8-4-5-9-19;14-11-6-8(3-4-9-2-1-5-20-9)10(13(16)17)7-12(11)15-21(18)19;14-12-6-9(3-4-11-2-1-5-19-11)10(8-16)7-13(12)15-20(17)18;2*1-2/h1-3,6-7,10-11,18H,4-5,8-9H2,(H,20,21)(H,22,23);1-3,6-7,10-12,18H,4-5,8-9H2,(H,21,22);1-2,5-7,15H,3-4H2,(H,16,17)(H,18,19);1-2,5-8,15H,3-4H2,(H,17,18);2*1-2H3/p-4. The summed E-state index contributed by atoms with van der Waals surface area (Å²) in [5.74, 6) is 1.07. The maximum atomic E-state index is 11.4. The second kappa shape index (κ2) is 40.0. The molecule has 0 aliphatic carbocycles. The SMILES string of the molecule is CC.CC.O=C(O)c1cc(NS(=O)[O-])c(Cl)cc1CCc1ccco1.O=C(O)c1cc(NS(=O)[O-])c(Oc2ccccc2)c(N2CCCC2)c1.O=Cc1cc(NS(=O)[O-])c(Cl)cc1CCc1ccco1.O=Cc1cc(NS(=O)[O-])c(Oc2ccccc2)c(N2CCCC2)c1. The lowest BCUT2D eigenvalue weighted by Crippen LogP contribution is -2.20. The van der Waals surface area contributed by atoms with E-state index >= 15 is 0 Å². The number of ether oxygens (including phenoxy) is 2. The molecule has 4 atom stereocenters. The third-order valence-electron chi connectivity index (χ3n) is 13.4. The molecule has 4 heterocycles. The lowest BCUT2D eigenvalue weighted by Gasteiger charge is -2.24. The van der Waals surface area contributed by atoms with E-state index in [0.717, 1.165) is 68.9 Å². The van der Waals surface area contributed by atoms with E-state index in [1.807, 2.05) is 62.9 Å². The van der Waals surface area contributed by atoms with Gasteiger partial charge in [-0.25, -0.2) is 9.59 Å². The van der Waals surface area contributed by atoms with Gasteiger partial charge in [-0.05, 0) is 147 Å². The van der Waals surface area contributed by atoms with E-state index in [-0.39, 0.29) is 43.9 Å². The van der Waals surface area contributed by atoms with E-state index in [0.29, 0.717) is 89.3 Å². The largest absolute Gasteiger partial charge is 0.755 e. The summed E-state index contributed by atoms with van der Waals surface area (Å²) < 4.78 is 118. The highest BCUT2D eigenvalue weighted by Crippen LogP contribution is 2.43. The molecule has 10 rings (SSSR count). The van der Waals surface area contributed by atoms with Crippen LogP contribution in [0.4, 0.5) is 34.1 Å². The first-order valence-corrected chi connectivity index (χ1v) is 34.2. The molecule has 2 aliphatic heterocycles. The summed E-state index contributed by atoms with van der Waals surface area (Å²) in [5.41, 5.74) is 3.87. The first-order chi connectivity index (χ1) is 45.3. The smallest absolute Gasteiger partial charge is 0.336 e. The highest BCUT2D eigenvalue weighted by Gasteiger charge is 2.25. The molecule has 0 radical (unpaired) electrons. The first-order valence-electron chi connectivity index (χ1n) is 29.1. The number of aryl methyl sites for hydroxylation is 4. The number of carboxylic acids is 2. The number of benzene rings is 6. The number of carboxylic acid groups (broad SMARTS) is 2. The summed E-state index contributed by atoms with van der Waals surface area (Å²) in [4.78, 5) is 49.2. The number of rotatable bonds is 24. The second-order valence-electron chi connectivity index (χ2n) is 19.4. The summed E-state index contributed by atoms with van der Waals surface area (Å²) in [6.45, 7) is 11.2. The van der Waals surface area contributed by atoms with Crippen LogP contribution in [0.25, 0.3) is 0 Å². The fraction of sp³-hybridized carbons (Fsp3) is 0.250. The molecule has 24 nitrogen and oxygen atoms in total. The van der Waals surface area contributed by atoms with E-state index in [2.05, 4.69) is 23.8 Å². The van der Waals surface area contributed by atoms with Crippen LogP contribution in [0.1, 0.15) is 117 Å². The Balaban J connectivity index is 0.000000224. The van der Waals surface area contributed by atoms with Crippen LogP contribution in [0.2, 0.25) is 10.0 Å². The van der Waals surface area contributed by atoms with Crippen LogP contribution in [0, 0.1) is 0 Å². The predicted molar refractivity (Wildman–Crippen MR) is 362 cm³/mol. The summed E-state index contributed by atoms with van der Waals surface area (Å²) >= 11 is 1.76. The number of para-hydroxylation sites is 2. The Kier molecular flexibility index (Phi) is 32.4. The number of aldehydes is 2. The van der Waals surface area contributed by atoms with Gasteiger partial charge < -0.3 is 75.4 Å². The second-order valence-corrected chi connectivity index (χ2v) is 22.9. The molecular weight excluding hydrogens is 1340 g/mol. The van der Waals surface area contributed by atoms with Crippen molar-refractivity contribution in [3.8, 4) is 23.0 Å². The van der Waals surface area contributed by atoms with Crippen LogP contribution in [0.3, 0.4) is 0 Å². The summed E-state index contributed by atoms with van der Waals surface area (Å²) in [6.07, 6.45) is 10.7. The first kappa shape index (κ1) is 76.3. The molecule has 30 heteroatoms. The lowest BCUT2D eigenvalue weighted by molar-refractivity contribution is 0.0685. The molecule has 8 aromatic rings. The van der Waals surface area contributed by atoms with E-state index < -0.39 is 57.0 Å². The van der Waals surface area contributed by atoms with Crippen molar-refractivity contribution >= 4 is 127 Å². The Bertz CT molecular complexity index is 3830. The molecule has 2 aliphatic rings. The van der Waals surface area contributed by atoms with Crippen LogP contribution in [-0.2, 0) is 70.7 Å². The van der Waals surface area contributed by atoms with Crippen molar-refractivity contribution in [2.45, 2.75) is 79.1 Å². The molecule has 6 N–H and O–H groups in total. The zero-order valence-electron chi connectivity index (χ0n) is 51.2. The monoisotopic (exact) mass is 1410 g/mol. The number of carbonyl (C=O) groups is 4. The predicted octanol–water partition coefficient (Wildman–Crippen LogP) is 13.5. The van der Waals surface area contributed by atoms with Crippen LogP contribution >= 0.6 is 23.2 Å². The van der Waals surface area contributed by atoms with Crippen molar-refractivity contribution in [2.24, 2.45) is 0 Å². The van der Waals surface area contributed by atoms with Crippen LogP contribution < -0.4 is 38.2 Å². The van der Waals surface area contributed by atoms with Crippen molar-refractivity contribution in [3.05, 3.63) is 201 Å². The van der Waals surface area contributed by atoms with Crippen molar-refractivity contribution in [3.63, 3.8) is 0 Å². The molecule has 0 spiro atoms. The molecule has 0 saturated carbocycles. The van der Waals surface area contributed by atoms with Gasteiger partial charge in [-0.1, -0.05) is 87.3 Å². The molecule has 2 saturated heterocycles. The van der Waals surface area contributed by atoms with Crippen molar-refractivity contribution < 1.29 is 82.7 Å². The molecular formula is C64H68Cl2N6O18S4-4. The molecule has 2 aromatic heterocycles. The van der Waals surface area contributed by atoms with Gasteiger partial charge in [0.2, 0.25) is 0 Å². The maximum absolute atomic E-state index is 11.4. The minimum atomic E-state index is -2.61. The van der Waals surface area contributed by atoms with Gasteiger partial charge in [-0.2, -0.15) is 0 Å². The minimum absolute atomic E-state index is 0.00101. The van der Waals surface area contributed by atoms with Crippen molar-refractivity contribution in [1.82, 2.24) is 0 Å². The topological polar surface area (TPSA) is 369 Å². The minimum Gasteiger partial charge on any atom is -0.755 e. The number of anilines is 6. The normalized spacial score (nSPS) is 13.3. The number of carbonyl (C=O) groups excluding carboxylic acids is 2. The fourth-order valence-electron chi connectivity index (χ4n) is 9.32. The third-order valence-corrected chi connectivity index (χ3v) is 15.5. The average Bonchev–Trinajstić information content (AvgIpc) is 1.64. The number of halogens is 2. The van der Waals surface area contributed by atoms with E-state index in [1.54, 1.807) is 73.0 Å². The number of hydrogen-bond donors (Lipinski definition) is 6. The Morgan fingerprint density at radius 2 is 0.926 bits per heavy atom. The molecule has 504 valence electrons. The third kappa shape index (κ3) is 24.2. The van der Waals surface area contributed by atoms with E-state index in [4.69, 9.17) is 41.5 Å². The van der Waals surface area contributed by atoms with Gasteiger partial charge in [-0.3, -0.25) is 26.4 Å². The molecule has 94 heavy (non-hydrogen) atoms. The van der Waals surface area contributed by atoms with Gasteiger partial charge in [0, 0.05) is 95.2 Å². The molecule has 2 fully saturated rings. The van der Waals surface area contributed by atoms with Gasteiger partial charge in [0.1, 0.15) is 35.6 Å². The van der Waals surface area contributed by atoms with E-state index in [1.165, 1.54) is 42.7 Å². The molecule has 0 amide bonds. The van der Waals surface area contributed by atoms with E-state index in [9.17, 15) is 64.4 Å². The van der Waals surface area contributed by atoms with Crippen molar-refractivity contribution in [2.75, 3.05) is 54.9 Å². The summed E-state index contributed by atoms with van der Waals surface area (Å²) in [7, 11) is 0. The highest BCUT2D eigenvalue weighted by molar-refractivity contribution is 7.81. The average molecular weight is 1410 g/mol. The van der Waals surface area contributed by atoms with Gasteiger partial charge in [0.05, 0.1) is 67.8 Å².